The molecule has 10 rings (SSSR count). The van der Waals surface area contributed by atoms with Crippen LogP contribution in [0.3, 0.4) is 0 Å². The number of rotatable bonds is 3. The first-order valence-electron chi connectivity index (χ1n) is 15.4. The molecule has 0 bridgehead atoms. The van der Waals surface area contributed by atoms with Gasteiger partial charge in [0.2, 0.25) is 0 Å². The maximum atomic E-state index is 6.38. The van der Waals surface area contributed by atoms with E-state index in [1.165, 1.54) is 49.2 Å². The minimum atomic E-state index is 0.909. The Morgan fingerprint density at radius 1 is 0.333 bits per heavy atom. The van der Waals surface area contributed by atoms with Crippen molar-refractivity contribution in [3.8, 4) is 22.5 Å². The molecule has 3 aromatic heterocycles. The third-order valence-corrected chi connectivity index (χ3v) is 9.30. The fourth-order valence-electron chi connectivity index (χ4n) is 7.39. The molecule has 0 radical (unpaired) electrons. The zero-order valence-corrected chi connectivity index (χ0v) is 24.3. The van der Waals surface area contributed by atoms with Crippen molar-refractivity contribution in [1.29, 1.82) is 0 Å². The average molecular weight is 575 g/mol. The van der Waals surface area contributed by atoms with E-state index in [0.29, 0.717) is 0 Å². The summed E-state index contributed by atoms with van der Waals surface area (Å²) < 4.78 is 11.2. The van der Waals surface area contributed by atoms with E-state index >= 15 is 0 Å². The van der Waals surface area contributed by atoms with E-state index in [9.17, 15) is 0 Å². The summed E-state index contributed by atoms with van der Waals surface area (Å²) in [6, 6.07) is 56.5. The van der Waals surface area contributed by atoms with Crippen LogP contribution >= 0.6 is 0 Å². The van der Waals surface area contributed by atoms with Gasteiger partial charge in [-0.05, 0) is 71.8 Å². The summed E-state index contributed by atoms with van der Waals surface area (Å²) in [5.41, 5.74) is 11.2. The van der Waals surface area contributed by atoms with E-state index in [2.05, 4.69) is 161 Å². The van der Waals surface area contributed by atoms with E-state index in [1.54, 1.807) is 0 Å². The Bertz CT molecular complexity index is 2710. The molecule has 0 atom stereocenters. The van der Waals surface area contributed by atoms with Crippen molar-refractivity contribution in [1.82, 2.24) is 9.13 Å². The molecule has 3 heterocycles. The molecule has 0 N–H and O–H groups in total. The Labute approximate surface area is 258 Å². The number of para-hydroxylation sites is 3. The zero-order chi connectivity index (χ0) is 29.5. The van der Waals surface area contributed by atoms with Crippen LogP contribution in [0.4, 0.5) is 0 Å². The smallest absolute Gasteiger partial charge is 0.136 e. The highest BCUT2D eigenvalue weighted by molar-refractivity contribution is 6.27. The van der Waals surface area contributed by atoms with Gasteiger partial charge in [0.1, 0.15) is 11.2 Å². The zero-order valence-electron chi connectivity index (χ0n) is 24.3. The lowest BCUT2D eigenvalue weighted by Gasteiger charge is -2.13. The minimum absolute atomic E-state index is 0.909. The van der Waals surface area contributed by atoms with Crippen molar-refractivity contribution in [2.45, 2.75) is 0 Å². The standard InChI is InChI=1S/C42H26N2O/c1-2-11-27(12-3-1)28-21-22-37-34(25-28)41-38(23-24-40-42(41)33-17-6-9-20-39(33)45-40)44(37)30-14-10-13-29(26-30)43-35-18-7-4-15-31(35)32-16-5-8-19-36(32)43/h1-26H. The van der Waals surface area contributed by atoms with Gasteiger partial charge < -0.3 is 13.6 Å². The van der Waals surface area contributed by atoms with Crippen LogP contribution in [-0.2, 0) is 0 Å². The van der Waals surface area contributed by atoms with Gasteiger partial charge in [0.25, 0.3) is 0 Å². The molecule has 0 aliphatic heterocycles. The Morgan fingerprint density at radius 3 is 1.69 bits per heavy atom. The van der Waals surface area contributed by atoms with Crippen LogP contribution in [0.2, 0.25) is 0 Å². The molecular weight excluding hydrogens is 548 g/mol. The molecule has 0 spiro atoms. The summed E-state index contributed by atoms with van der Waals surface area (Å²) in [5.74, 6) is 0. The Kier molecular flexibility index (Phi) is 5.00. The Morgan fingerprint density at radius 2 is 0.933 bits per heavy atom. The molecule has 45 heavy (non-hydrogen) atoms. The molecule has 0 fully saturated rings. The van der Waals surface area contributed by atoms with Gasteiger partial charge in [-0.2, -0.15) is 0 Å². The SMILES string of the molecule is c1ccc(-c2ccc3c(c2)c2c4c(ccc2n3-c2cccc(-n3c5ccccc5c5ccccc53)c2)oc2ccccc24)cc1. The van der Waals surface area contributed by atoms with Crippen LogP contribution in [-0.4, -0.2) is 9.13 Å². The first-order chi connectivity index (χ1) is 22.3. The monoisotopic (exact) mass is 574 g/mol. The van der Waals surface area contributed by atoms with Crippen molar-refractivity contribution >= 4 is 65.6 Å². The van der Waals surface area contributed by atoms with E-state index in [-0.39, 0.29) is 0 Å². The molecule has 0 unspecified atom stereocenters. The molecule has 0 amide bonds. The number of aromatic nitrogens is 2. The van der Waals surface area contributed by atoms with Gasteiger partial charge in [0.05, 0.1) is 22.1 Å². The van der Waals surface area contributed by atoms with E-state index in [1.807, 2.05) is 6.07 Å². The molecule has 0 saturated carbocycles. The first-order valence-corrected chi connectivity index (χ1v) is 15.4. The van der Waals surface area contributed by atoms with Gasteiger partial charge in [-0.15, -0.1) is 0 Å². The van der Waals surface area contributed by atoms with Crippen molar-refractivity contribution in [2.75, 3.05) is 0 Å². The Balaban J connectivity index is 1.30. The second-order valence-corrected chi connectivity index (χ2v) is 11.8. The molecule has 0 aliphatic rings. The van der Waals surface area contributed by atoms with Crippen molar-refractivity contribution < 1.29 is 4.42 Å². The minimum Gasteiger partial charge on any atom is -0.456 e. The topological polar surface area (TPSA) is 23.0 Å². The number of hydrogen-bond acceptors (Lipinski definition) is 1. The van der Waals surface area contributed by atoms with Crippen molar-refractivity contribution in [2.24, 2.45) is 0 Å². The quantitative estimate of drug-likeness (QED) is 0.206. The molecule has 3 nitrogen and oxygen atoms in total. The largest absolute Gasteiger partial charge is 0.456 e. The van der Waals surface area contributed by atoms with Gasteiger partial charge in [0, 0.05) is 43.7 Å². The van der Waals surface area contributed by atoms with E-state index in [0.717, 1.165) is 38.8 Å². The number of nitrogens with zero attached hydrogens (tertiary/aromatic N) is 2. The van der Waals surface area contributed by atoms with Crippen LogP contribution in [0.1, 0.15) is 0 Å². The van der Waals surface area contributed by atoms with Crippen LogP contribution in [0.15, 0.2) is 162 Å². The van der Waals surface area contributed by atoms with E-state index < -0.39 is 0 Å². The summed E-state index contributed by atoms with van der Waals surface area (Å²) in [6.45, 7) is 0. The van der Waals surface area contributed by atoms with Crippen molar-refractivity contribution in [3.63, 3.8) is 0 Å². The fourth-order valence-corrected chi connectivity index (χ4v) is 7.39. The van der Waals surface area contributed by atoms with E-state index in [4.69, 9.17) is 4.42 Å². The predicted molar refractivity (Wildman–Crippen MR) is 188 cm³/mol. The number of hydrogen-bond donors (Lipinski definition) is 0. The second-order valence-electron chi connectivity index (χ2n) is 11.8. The molecule has 0 aliphatic carbocycles. The first kappa shape index (κ1) is 24.4. The third kappa shape index (κ3) is 3.46. The van der Waals surface area contributed by atoms with Gasteiger partial charge in [0.15, 0.2) is 0 Å². The molecule has 10 aromatic rings. The third-order valence-electron chi connectivity index (χ3n) is 9.30. The lowest BCUT2D eigenvalue weighted by atomic mass is 10.0. The summed E-state index contributed by atoms with van der Waals surface area (Å²) in [7, 11) is 0. The average Bonchev–Trinajstić information content (AvgIpc) is 3.76. The highest BCUT2D eigenvalue weighted by Crippen LogP contribution is 2.42. The lowest BCUT2D eigenvalue weighted by Crippen LogP contribution is -1.98. The second kappa shape index (κ2) is 9.22. The number of fused-ring (bicyclic) bond motifs is 10. The van der Waals surface area contributed by atoms with Crippen LogP contribution in [0.25, 0.3) is 88.1 Å². The maximum Gasteiger partial charge on any atom is 0.136 e. The maximum absolute atomic E-state index is 6.38. The summed E-state index contributed by atoms with van der Waals surface area (Å²) >= 11 is 0. The highest BCUT2D eigenvalue weighted by Gasteiger charge is 2.20. The molecule has 3 heteroatoms. The molecule has 0 saturated heterocycles. The van der Waals surface area contributed by atoms with Gasteiger partial charge in [-0.3, -0.25) is 0 Å². The van der Waals surface area contributed by atoms with Crippen molar-refractivity contribution in [3.05, 3.63) is 158 Å². The highest BCUT2D eigenvalue weighted by atomic mass is 16.3. The normalized spacial score (nSPS) is 12.0. The molecular formula is C42H26N2O. The lowest BCUT2D eigenvalue weighted by molar-refractivity contribution is 0.669. The summed E-state index contributed by atoms with van der Waals surface area (Å²) in [5, 5.41) is 7.26. The predicted octanol–water partition coefficient (Wildman–Crippen LogP) is 11.4. The van der Waals surface area contributed by atoms with Crippen LogP contribution < -0.4 is 0 Å². The van der Waals surface area contributed by atoms with Crippen LogP contribution in [0.5, 0.6) is 0 Å². The molecule has 7 aromatic carbocycles. The van der Waals surface area contributed by atoms with Gasteiger partial charge >= 0.3 is 0 Å². The summed E-state index contributed by atoms with van der Waals surface area (Å²) in [6.07, 6.45) is 0. The number of benzene rings is 7. The Hall–Kier alpha value is -6.06. The van der Waals surface area contributed by atoms with Gasteiger partial charge in [-0.25, -0.2) is 0 Å². The molecule has 210 valence electrons. The number of furan rings is 1. The van der Waals surface area contributed by atoms with Gasteiger partial charge in [-0.1, -0.05) is 97.1 Å². The fraction of sp³-hybridized carbons (Fsp3) is 0. The van der Waals surface area contributed by atoms with Crippen LogP contribution in [0, 0.1) is 0 Å². The summed E-state index contributed by atoms with van der Waals surface area (Å²) in [4.78, 5) is 0.